The third-order valence-electron chi connectivity index (χ3n) is 4.98. The Kier molecular flexibility index (Phi) is 5.88. The SMILES string of the molecule is COc1c(Cl)cccc1Nc1c(-c2ccncc2C#CC(C)C)[nH]c2c1C(=O)NCC2. The van der Waals surface area contributed by atoms with Gasteiger partial charge in [0.15, 0.2) is 5.75 Å². The van der Waals surface area contributed by atoms with E-state index in [4.69, 9.17) is 16.3 Å². The largest absolute Gasteiger partial charge is 0.493 e. The molecule has 6 nitrogen and oxygen atoms in total. The highest BCUT2D eigenvalue weighted by molar-refractivity contribution is 6.32. The number of aromatic nitrogens is 2. The smallest absolute Gasteiger partial charge is 0.255 e. The van der Waals surface area contributed by atoms with Gasteiger partial charge in [-0.15, -0.1) is 0 Å². The predicted octanol–water partition coefficient (Wildman–Crippen LogP) is 4.78. The van der Waals surface area contributed by atoms with Gasteiger partial charge in [0.25, 0.3) is 5.91 Å². The van der Waals surface area contributed by atoms with Crippen LogP contribution in [0, 0.1) is 17.8 Å². The highest BCUT2D eigenvalue weighted by Crippen LogP contribution is 2.41. The Labute approximate surface area is 186 Å². The van der Waals surface area contributed by atoms with E-state index in [1.54, 1.807) is 25.6 Å². The van der Waals surface area contributed by atoms with Crippen LogP contribution in [-0.4, -0.2) is 29.5 Å². The number of methoxy groups -OCH3 is 1. The van der Waals surface area contributed by atoms with Crippen molar-refractivity contribution in [1.29, 1.82) is 0 Å². The minimum Gasteiger partial charge on any atom is -0.493 e. The molecule has 0 unspecified atom stereocenters. The van der Waals surface area contributed by atoms with E-state index in [-0.39, 0.29) is 11.8 Å². The fourth-order valence-electron chi connectivity index (χ4n) is 3.59. The Balaban J connectivity index is 1.91. The topological polar surface area (TPSA) is 79.0 Å². The number of halogens is 1. The van der Waals surface area contributed by atoms with Crippen molar-refractivity contribution in [3.63, 3.8) is 0 Å². The monoisotopic (exact) mass is 434 g/mol. The maximum atomic E-state index is 12.8. The second-order valence-corrected chi connectivity index (χ2v) is 7.93. The third kappa shape index (κ3) is 4.10. The lowest BCUT2D eigenvalue weighted by molar-refractivity contribution is 0.0947. The molecule has 0 bridgehead atoms. The van der Waals surface area contributed by atoms with E-state index >= 15 is 0 Å². The van der Waals surface area contributed by atoms with Gasteiger partial charge in [0, 0.05) is 42.5 Å². The molecule has 158 valence electrons. The molecule has 3 N–H and O–H groups in total. The number of benzene rings is 1. The molecule has 0 fully saturated rings. The number of hydrogen-bond donors (Lipinski definition) is 3. The number of para-hydroxylation sites is 1. The van der Waals surface area contributed by atoms with Crippen molar-refractivity contribution < 1.29 is 9.53 Å². The number of H-pyrrole nitrogens is 1. The van der Waals surface area contributed by atoms with E-state index in [1.165, 1.54) is 0 Å². The summed E-state index contributed by atoms with van der Waals surface area (Å²) in [5, 5.41) is 6.80. The first-order chi connectivity index (χ1) is 15.0. The van der Waals surface area contributed by atoms with Crippen molar-refractivity contribution >= 4 is 28.9 Å². The van der Waals surface area contributed by atoms with E-state index in [9.17, 15) is 4.79 Å². The van der Waals surface area contributed by atoms with Crippen LogP contribution >= 0.6 is 11.6 Å². The number of aromatic amines is 1. The van der Waals surface area contributed by atoms with Gasteiger partial charge in [0.2, 0.25) is 0 Å². The van der Waals surface area contributed by atoms with Gasteiger partial charge in [-0.3, -0.25) is 9.78 Å². The van der Waals surface area contributed by atoms with Crippen molar-refractivity contribution in [2.24, 2.45) is 5.92 Å². The van der Waals surface area contributed by atoms with Crippen molar-refractivity contribution in [1.82, 2.24) is 15.3 Å². The quantitative estimate of drug-likeness (QED) is 0.516. The van der Waals surface area contributed by atoms with Crippen LogP contribution in [0.2, 0.25) is 5.02 Å². The molecule has 3 heterocycles. The number of pyridine rings is 1. The number of rotatable bonds is 4. The van der Waals surface area contributed by atoms with Crippen LogP contribution in [0.4, 0.5) is 11.4 Å². The average molecular weight is 435 g/mol. The molecule has 0 atom stereocenters. The van der Waals surface area contributed by atoms with Crippen LogP contribution in [0.5, 0.6) is 5.75 Å². The Bertz CT molecular complexity index is 1200. The molecule has 1 aliphatic rings. The molecule has 2 aromatic heterocycles. The van der Waals surface area contributed by atoms with E-state index in [1.807, 2.05) is 32.0 Å². The molecule has 1 amide bonds. The van der Waals surface area contributed by atoms with Gasteiger partial charge < -0.3 is 20.4 Å². The molecule has 7 heteroatoms. The van der Waals surface area contributed by atoms with Crippen LogP contribution in [0.1, 0.15) is 35.5 Å². The van der Waals surface area contributed by atoms with E-state index in [0.29, 0.717) is 40.7 Å². The Morgan fingerprint density at radius 3 is 2.90 bits per heavy atom. The fourth-order valence-corrected chi connectivity index (χ4v) is 3.84. The van der Waals surface area contributed by atoms with Gasteiger partial charge in [-0.1, -0.05) is 43.4 Å². The van der Waals surface area contributed by atoms with Crippen molar-refractivity contribution in [2.75, 3.05) is 19.0 Å². The van der Waals surface area contributed by atoms with Gasteiger partial charge in [-0.05, 0) is 18.2 Å². The van der Waals surface area contributed by atoms with Crippen molar-refractivity contribution in [3.8, 4) is 28.8 Å². The number of fused-ring (bicyclic) bond motifs is 1. The number of anilines is 2. The maximum absolute atomic E-state index is 12.8. The van der Waals surface area contributed by atoms with E-state index < -0.39 is 0 Å². The number of hydrogen-bond acceptors (Lipinski definition) is 4. The number of ether oxygens (including phenoxy) is 1. The Morgan fingerprint density at radius 2 is 2.13 bits per heavy atom. The molecule has 0 saturated carbocycles. The summed E-state index contributed by atoms with van der Waals surface area (Å²) >= 11 is 6.32. The normalized spacial score (nSPS) is 12.6. The molecule has 1 aliphatic heterocycles. The van der Waals surface area contributed by atoms with Crippen LogP contribution in [0.15, 0.2) is 36.7 Å². The molecule has 1 aromatic carbocycles. The number of nitrogens with one attached hydrogen (secondary N) is 3. The molecule has 0 aliphatic carbocycles. The molecule has 31 heavy (non-hydrogen) atoms. The summed E-state index contributed by atoms with van der Waals surface area (Å²) < 4.78 is 5.49. The summed E-state index contributed by atoms with van der Waals surface area (Å²) in [5.41, 5.74) is 5.22. The minimum atomic E-state index is -0.129. The summed E-state index contributed by atoms with van der Waals surface area (Å²) in [6.45, 7) is 4.67. The number of amides is 1. The standard InChI is InChI=1S/C24H23ClN4O2/c1-14(2)7-8-15-13-26-11-9-16(15)21-22(20-18(28-21)10-12-27-24(20)30)29-19-6-4-5-17(25)23(19)31-3/h4-6,9,11,13-14,28-29H,10,12H2,1-3H3,(H,27,30). The molecule has 3 aromatic rings. The first kappa shape index (κ1) is 20.8. The number of carbonyl (C=O) groups excluding carboxylic acids is 1. The molecular weight excluding hydrogens is 412 g/mol. The fraction of sp³-hybridized carbons (Fsp3) is 0.250. The highest BCUT2D eigenvalue weighted by atomic mass is 35.5. The van der Waals surface area contributed by atoms with E-state index in [2.05, 4.69) is 32.4 Å². The molecule has 4 rings (SSSR count). The van der Waals surface area contributed by atoms with Gasteiger partial charge >= 0.3 is 0 Å². The van der Waals surface area contributed by atoms with Gasteiger partial charge in [-0.25, -0.2) is 0 Å². The van der Waals surface area contributed by atoms with Crippen molar-refractivity contribution in [3.05, 3.63) is 58.5 Å². The van der Waals surface area contributed by atoms with Crippen molar-refractivity contribution in [2.45, 2.75) is 20.3 Å². The van der Waals surface area contributed by atoms with Gasteiger partial charge in [-0.2, -0.15) is 0 Å². The first-order valence-electron chi connectivity index (χ1n) is 10.1. The molecule has 0 radical (unpaired) electrons. The van der Waals surface area contributed by atoms with Crippen LogP contribution in [-0.2, 0) is 6.42 Å². The second kappa shape index (κ2) is 8.75. The Hall–Kier alpha value is -3.43. The predicted molar refractivity (Wildman–Crippen MR) is 123 cm³/mol. The Morgan fingerprint density at radius 1 is 1.29 bits per heavy atom. The lowest BCUT2D eigenvalue weighted by atomic mass is 10.0. The minimum absolute atomic E-state index is 0.129. The first-order valence-corrected chi connectivity index (χ1v) is 10.5. The molecule has 0 saturated heterocycles. The third-order valence-corrected chi connectivity index (χ3v) is 5.28. The van der Waals surface area contributed by atoms with Crippen LogP contribution in [0.25, 0.3) is 11.3 Å². The number of nitrogens with zero attached hydrogens (tertiary/aromatic N) is 1. The van der Waals surface area contributed by atoms with Crippen LogP contribution in [0.3, 0.4) is 0 Å². The summed E-state index contributed by atoms with van der Waals surface area (Å²) in [6, 6.07) is 7.35. The summed E-state index contributed by atoms with van der Waals surface area (Å²) in [5.74, 6) is 7.02. The lowest BCUT2D eigenvalue weighted by Gasteiger charge is -2.17. The average Bonchev–Trinajstić information content (AvgIpc) is 3.12. The summed E-state index contributed by atoms with van der Waals surface area (Å²) in [4.78, 5) is 20.5. The second-order valence-electron chi connectivity index (χ2n) is 7.53. The lowest BCUT2D eigenvalue weighted by Crippen LogP contribution is -2.31. The molecular formula is C24H23ClN4O2. The van der Waals surface area contributed by atoms with Crippen LogP contribution < -0.4 is 15.4 Å². The zero-order chi connectivity index (χ0) is 22.0. The molecule has 0 spiro atoms. The zero-order valence-corrected chi connectivity index (χ0v) is 18.4. The summed E-state index contributed by atoms with van der Waals surface area (Å²) in [6.07, 6.45) is 4.18. The zero-order valence-electron chi connectivity index (χ0n) is 17.6. The summed E-state index contributed by atoms with van der Waals surface area (Å²) in [7, 11) is 1.56. The van der Waals surface area contributed by atoms with E-state index in [0.717, 1.165) is 22.5 Å². The van der Waals surface area contributed by atoms with Gasteiger partial charge in [0.1, 0.15) is 0 Å². The number of carbonyl (C=O) groups is 1. The van der Waals surface area contributed by atoms with Gasteiger partial charge in [0.05, 0.1) is 40.3 Å². The highest BCUT2D eigenvalue weighted by Gasteiger charge is 2.28. The maximum Gasteiger partial charge on any atom is 0.255 e.